The molecule has 19 heavy (non-hydrogen) atoms. The maximum atomic E-state index is 11.5. The van der Waals surface area contributed by atoms with Gasteiger partial charge in [0, 0.05) is 7.11 Å². The van der Waals surface area contributed by atoms with Crippen LogP contribution < -0.4 is 0 Å². The van der Waals surface area contributed by atoms with E-state index in [1.165, 1.54) is 0 Å². The number of benzene rings is 1. The lowest BCUT2D eigenvalue weighted by atomic mass is 9.74. The van der Waals surface area contributed by atoms with Gasteiger partial charge < -0.3 is 4.74 Å². The molecule has 1 aromatic carbocycles. The van der Waals surface area contributed by atoms with Crippen molar-refractivity contribution < 1.29 is 4.74 Å². The second kappa shape index (κ2) is 5.10. The molecule has 3 heteroatoms. The third-order valence-corrected chi connectivity index (χ3v) is 3.76. The highest BCUT2D eigenvalue weighted by Crippen LogP contribution is 2.43. The van der Waals surface area contributed by atoms with E-state index in [1.54, 1.807) is 7.11 Å². The largest absolute Gasteiger partial charge is 0.374 e. The van der Waals surface area contributed by atoms with Gasteiger partial charge in [-0.05, 0) is 43.1 Å². The number of nitroso groups, excluding NO2 is 1. The highest BCUT2D eigenvalue weighted by molar-refractivity contribution is 5.80. The quantitative estimate of drug-likeness (QED) is 0.769. The van der Waals surface area contributed by atoms with Gasteiger partial charge in [-0.3, -0.25) is 0 Å². The van der Waals surface area contributed by atoms with E-state index in [1.807, 2.05) is 51.1 Å². The minimum absolute atomic E-state index is 0.316. The number of ether oxygens (including phenoxy) is 1. The number of methoxy groups -OCH3 is 1. The van der Waals surface area contributed by atoms with Crippen molar-refractivity contribution in [2.24, 2.45) is 5.18 Å². The molecule has 1 aliphatic carbocycles. The number of hydrogen-bond donors (Lipinski definition) is 0. The predicted octanol–water partition coefficient (Wildman–Crippen LogP) is 3.96. The Morgan fingerprint density at radius 3 is 2.37 bits per heavy atom. The zero-order chi connectivity index (χ0) is 14.0. The molecule has 2 atom stereocenters. The van der Waals surface area contributed by atoms with Gasteiger partial charge in [0.2, 0.25) is 0 Å². The summed E-state index contributed by atoms with van der Waals surface area (Å²) in [4.78, 5) is 11.5. The van der Waals surface area contributed by atoms with Crippen LogP contribution in [0, 0.1) is 4.91 Å². The Kier molecular flexibility index (Phi) is 3.67. The van der Waals surface area contributed by atoms with Crippen LogP contribution in [0.4, 0.5) is 0 Å². The van der Waals surface area contributed by atoms with Crippen LogP contribution >= 0.6 is 0 Å². The molecule has 0 spiro atoms. The Balaban J connectivity index is 2.67. The molecule has 3 nitrogen and oxygen atoms in total. The Bertz CT molecular complexity index is 545. The van der Waals surface area contributed by atoms with Crippen molar-refractivity contribution in [1.29, 1.82) is 0 Å². The van der Waals surface area contributed by atoms with E-state index < -0.39 is 5.54 Å². The lowest BCUT2D eigenvalue weighted by Gasteiger charge is -2.37. The van der Waals surface area contributed by atoms with Crippen LogP contribution in [-0.2, 0) is 4.74 Å². The van der Waals surface area contributed by atoms with Crippen LogP contribution in [0.2, 0.25) is 0 Å². The van der Waals surface area contributed by atoms with Crippen molar-refractivity contribution in [3.63, 3.8) is 0 Å². The molecule has 1 aliphatic rings. The number of hydrogen-bond acceptors (Lipinski definition) is 3. The van der Waals surface area contributed by atoms with Crippen molar-refractivity contribution in [2.45, 2.75) is 32.4 Å². The Hall–Kier alpha value is -1.74. The van der Waals surface area contributed by atoms with E-state index >= 15 is 0 Å². The molecular formula is C16H19NO2. The van der Waals surface area contributed by atoms with Crippen LogP contribution in [0.5, 0.6) is 0 Å². The zero-order valence-electron chi connectivity index (χ0n) is 11.8. The third kappa shape index (κ3) is 2.15. The summed E-state index contributed by atoms with van der Waals surface area (Å²) in [5.74, 6) is 0. The molecule has 0 saturated heterocycles. The standard InChI is InChI=1S/C16H19NO2/c1-11-10-12(2)15(19-4)16(3,17-18)14(11)13-8-6-5-7-9-13/h5-10,15H,1-4H3. The van der Waals surface area contributed by atoms with Crippen molar-refractivity contribution in [3.05, 3.63) is 58.0 Å². The molecule has 0 bridgehead atoms. The molecule has 0 saturated carbocycles. The monoisotopic (exact) mass is 257 g/mol. The summed E-state index contributed by atoms with van der Waals surface area (Å²) in [7, 11) is 1.62. The Morgan fingerprint density at radius 1 is 1.21 bits per heavy atom. The maximum absolute atomic E-state index is 11.5. The van der Waals surface area contributed by atoms with Crippen LogP contribution in [0.3, 0.4) is 0 Å². The molecule has 0 aliphatic heterocycles. The molecule has 0 amide bonds. The molecule has 0 radical (unpaired) electrons. The normalized spacial score (nSPS) is 27.2. The first-order valence-corrected chi connectivity index (χ1v) is 6.37. The fourth-order valence-corrected chi connectivity index (χ4v) is 3.10. The lowest BCUT2D eigenvalue weighted by molar-refractivity contribution is 0.0910. The molecule has 0 fully saturated rings. The summed E-state index contributed by atoms with van der Waals surface area (Å²) in [5.41, 5.74) is 3.17. The fraction of sp³-hybridized carbons (Fsp3) is 0.375. The van der Waals surface area contributed by atoms with Crippen molar-refractivity contribution in [3.8, 4) is 0 Å². The third-order valence-electron chi connectivity index (χ3n) is 3.76. The summed E-state index contributed by atoms with van der Waals surface area (Å²) in [6.07, 6.45) is 1.76. The van der Waals surface area contributed by atoms with Gasteiger partial charge in [-0.2, -0.15) is 0 Å². The summed E-state index contributed by atoms with van der Waals surface area (Å²) in [6, 6.07) is 9.90. The van der Waals surface area contributed by atoms with Gasteiger partial charge in [0.15, 0.2) is 5.54 Å². The molecular weight excluding hydrogens is 238 g/mol. The molecule has 0 N–H and O–H groups in total. The maximum Gasteiger partial charge on any atom is 0.155 e. The van der Waals surface area contributed by atoms with Gasteiger partial charge in [-0.15, -0.1) is 4.91 Å². The van der Waals surface area contributed by atoms with Crippen LogP contribution in [-0.4, -0.2) is 18.8 Å². The first-order chi connectivity index (χ1) is 9.04. The smallest absolute Gasteiger partial charge is 0.155 e. The Morgan fingerprint density at radius 2 is 1.84 bits per heavy atom. The molecule has 0 heterocycles. The highest BCUT2D eigenvalue weighted by Gasteiger charge is 2.44. The second-order valence-electron chi connectivity index (χ2n) is 5.17. The first-order valence-electron chi connectivity index (χ1n) is 6.37. The summed E-state index contributed by atoms with van der Waals surface area (Å²) in [5, 5.41) is 3.42. The number of allylic oxidation sites excluding steroid dienone is 2. The molecule has 2 rings (SSSR count). The SMILES string of the molecule is COC1C(C)=CC(C)=C(c2ccccc2)C1(C)N=O. The topological polar surface area (TPSA) is 38.7 Å². The minimum Gasteiger partial charge on any atom is -0.374 e. The zero-order valence-corrected chi connectivity index (χ0v) is 11.8. The van der Waals surface area contributed by atoms with Gasteiger partial charge in [-0.25, -0.2) is 0 Å². The van der Waals surface area contributed by atoms with Gasteiger partial charge >= 0.3 is 0 Å². The van der Waals surface area contributed by atoms with Gasteiger partial charge in [0.1, 0.15) is 6.10 Å². The summed E-state index contributed by atoms with van der Waals surface area (Å²) < 4.78 is 5.51. The lowest BCUT2D eigenvalue weighted by Crippen LogP contribution is -2.43. The van der Waals surface area contributed by atoms with Crippen molar-refractivity contribution in [1.82, 2.24) is 0 Å². The minimum atomic E-state index is -0.890. The molecule has 100 valence electrons. The fourth-order valence-electron chi connectivity index (χ4n) is 3.10. The average molecular weight is 257 g/mol. The first kappa shape index (κ1) is 13.7. The second-order valence-corrected chi connectivity index (χ2v) is 5.17. The average Bonchev–Trinajstić information content (AvgIpc) is 2.39. The number of rotatable bonds is 3. The molecule has 2 unspecified atom stereocenters. The van der Waals surface area contributed by atoms with Gasteiger partial charge in [0.05, 0.1) is 0 Å². The van der Waals surface area contributed by atoms with Crippen LogP contribution in [0.1, 0.15) is 26.3 Å². The summed E-state index contributed by atoms with van der Waals surface area (Å²) in [6.45, 7) is 5.83. The van der Waals surface area contributed by atoms with E-state index in [-0.39, 0.29) is 6.10 Å². The predicted molar refractivity (Wildman–Crippen MR) is 77.8 cm³/mol. The van der Waals surface area contributed by atoms with E-state index in [9.17, 15) is 4.91 Å². The molecule has 0 aromatic heterocycles. The number of nitrogens with zero attached hydrogens (tertiary/aromatic N) is 1. The van der Waals surface area contributed by atoms with Crippen molar-refractivity contribution in [2.75, 3.05) is 7.11 Å². The van der Waals surface area contributed by atoms with Gasteiger partial charge in [-0.1, -0.05) is 41.6 Å². The van der Waals surface area contributed by atoms with Crippen molar-refractivity contribution >= 4 is 5.57 Å². The van der Waals surface area contributed by atoms with E-state index in [0.717, 1.165) is 22.3 Å². The Labute approximate surface area is 114 Å². The van der Waals surface area contributed by atoms with E-state index in [0.29, 0.717) is 0 Å². The van der Waals surface area contributed by atoms with E-state index in [2.05, 4.69) is 11.3 Å². The highest BCUT2D eigenvalue weighted by atomic mass is 16.5. The van der Waals surface area contributed by atoms with E-state index in [4.69, 9.17) is 4.74 Å². The van der Waals surface area contributed by atoms with Gasteiger partial charge in [0.25, 0.3) is 0 Å². The summed E-state index contributed by atoms with van der Waals surface area (Å²) >= 11 is 0. The van der Waals surface area contributed by atoms with Crippen LogP contribution in [0.25, 0.3) is 5.57 Å². The molecule has 1 aromatic rings. The van der Waals surface area contributed by atoms with Crippen LogP contribution in [0.15, 0.2) is 52.7 Å².